The quantitative estimate of drug-likeness (QED) is 0.886. The van der Waals surface area contributed by atoms with Crippen LogP contribution < -0.4 is 5.32 Å². The van der Waals surface area contributed by atoms with Gasteiger partial charge < -0.3 is 5.32 Å². The summed E-state index contributed by atoms with van der Waals surface area (Å²) in [6.45, 7) is 3.68. The van der Waals surface area contributed by atoms with Gasteiger partial charge in [-0.25, -0.2) is 14.4 Å². The normalized spacial score (nSPS) is 12.2. The Morgan fingerprint density at radius 3 is 2.95 bits per heavy atom. The Bertz CT molecular complexity index is 617. The van der Waals surface area contributed by atoms with Gasteiger partial charge in [0.25, 0.3) is 5.91 Å². The highest BCUT2D eigenvalue weighted by Gasteiger charge is 2.17. The molecule has 100 valence electrons. The zero-order valence-electron chi connectivity index (χ0n) is 10.3. The first-order valence-corrected chi connectivity index (χ1v) is 6.77. The van der Waals surface area contributed by atoms with E-state index in [4.69, 9.17) is 11.6 Å². The molecule has 19 heavy (non-hydrogen) atoms. The van der Waals surface area contributed by atoms with Crippen LogP contribution in [0.25, 0.3) is 0 Å². The van der Waals surface area contributed by atoms with E-state index >= 15 is 0 Å². The molecule has 0 aliphatic carbocycles. The number of hydrogen-bond acceptors (Lipinski definition) is 4. The second-order valence-electron chi connectivity index (χ2n) is 4.01. The Morgan fingerprint density at radius 1 is 1.58 bits per heavy atom. The molecular weight excluding hydrogens is 289 g/mol. The average molecular weight is 300 g/mol. The second-order valence-corrected chi connectivity index (χ2v) is 5.26. The minimum atomic E-state index is -0.604. The lowest BCUT2D eigenvalue weighted by Gasteiger charge is -2.11. The molecule has 0 aromatic carbocycles. The molecule has 2 rings (SSSR count). The fraction of sp³-hybridized carbons (Fsp3) is 0.250. The van der Waals surface area contributed by atoms with Crippen molar-refractivity contribution in [2.45, 2.75) is 19.9 Å². The number of thiazole rings is 1. The van der Waals surface area contributed by atoms with Crippen LogP contribution in [0.5, 0.6) is 0 Å². The summed E-state index contributed by atoms with van der Waals surface area (Å²) < 4.78 is 13.1. The summed E-state index contributed by atoms with van der Waals surface area (Å²) in [5.74, 6) is -1.08. The van der Waals surface area contributed by atoms with E-state index in [0.717, 1.165) is 23.0 Å². The number of rotatable bonds is 3. The van der Waals surface area contributed by atoms with Crippen LogP contribution in [0.15, 0.2) is 17.6 Å². The lowest BCUT2D eigenvalue weighted by Crippen LogP contribution is -2.27. The minimum Gasteiger partial charge on any atom is -0.343 e. The zero-order chi connectivity index (χ0) is 14.0. The van der Waals surface area contributed by atoms with Crippen LogP contribution >= 0.6 is 22.9 Å². The van der Waals surface area contributed by atoms with Gasteiger partial charge in [0.2, 0.25) is 0 Å². The van der Waals surface area contributed by atoms with Crippen molar-refractivity contribution < 1.29 is 9.18 Å². The maximum Gasteiger partial charge on any atom is 0.255 e. The molecule has 0 saturated carbocycles. The van der Waals surface area contributed by atoms with Gasteiger partial charge in [0.05, 0.1) is 17.8 Å². The van der Waals surface area contributed by atoms with E-state index in [-0.39, 0.29) is 16.8 Å². The Labute approximate surface area is 118 Å². The number of nitrogens with one attached hydrogen (secondary N) is 1. The number of nitrogens with zero attached hydrogens (tertiary/aromatic N) is 2. The molecule has 2 aromatic rings. The van der Waals surface area contributed by atoms with E-state index in [1.54, 1.807) is 6.92 Å². The van der Waals surface area contributed by atoms with Crippen molar-refractivity contribution in [1.82, 2.24) is 15.3 Å². The highest BCUT2D eigenvalue weighted by Crippen LogP contribution is 2.19. The first-order valence-electron chi connectivity index (χ1n) is 5.51. The molecule has 4 nitrogen and oxygen atoms in total. The molecule has 2 heterocycles. The Morgan fingerprint density at radius 2 is 2.32 bits per heavy atom. The smallest absolute Gasteiger partial charge is 0.255 e. The van der Waals surface area contributed by atoms with Gasteiger partial charge in [-0.3, -0.25) is 4.79 Å². The van der Waals surface area contributed by atoms with Crippen LogP contribution in [-0.2, 0) is 0 Å². The zero-order valence-corrected chi connectivity index (χ0v) is 11.8. The van der Waals surface area contributed by atoms with Crippen molar-refractivity contribution in [3.63, 3.8) is 0 Å². The van der Waals surface area contributed by atoms with Gasteiger partial charge >= 0.3 is 0 Å². The number of carbonyl (C=O) groups excluding carboxylic acids is 1. The van der Waals surface area contributed by atoms with Crippen LogP contribution in [-0.4, -0.2) is 15.9 Å². The van der Waals surface area contributed by atoms with Crippen molar-refractivity contribution >= 4 is 28.8 Å². The molecule has 1 unspecified atom stereocenters. The molecule has 7 heteroatoms. The average Bonchev–Trinajstić information content (AvgIpc) is 2.79. The maximum absolute atomic E-state index is 13.1. The standard InChI is InChI=1S/C12H11ClFN3OS/c1-6-5-19-12(16-6)7(2)17-11(18)9-3-8(14)4-15-10(9)13/h3-5,7H,1-2H3,(H,17,18). The van der Waals surface area contributed by atoms with E-state index < -0.39 is 11.7 Å². The molecule has 2 aromatic heterocycles. The van der Waals surface area contributed by atoms with Crippen molar-refractivity contribution in [3.8, 4) is 0 Å². The fourth-order valence-corrected chi connectivity index (χ4v) is 2.48. The van der Waals surface area contributed by atoms with Gasteiger partial charge in [-0.1, -0.05) is 11.6 Å². The summed E-state index contributed by atoms with van der Waals surface area (Å²) in [5, 5.41) is 5.37. The van der Waals surface area contributed by atoms with Crippen molar-refractivity contribution in [1.29, 1.82) is 0 Å². The van der Waals surface area contributed by atoms with Gasteiger partial charge in [-0.05, 0) is 19.9 Å². The Balaban J connectivity index is 2.15. The molecule has 0 bridgehead atoms. The van der Waals surface area contributed by atoms with E-state index in [9.17, 15) is 9.18 Å². The predicted octanol–water partition coefficient (Wildman–Crippen LogP) is 3.13. The molecule has 0 radical (unpaired) electrons. The third kappa shape index (κ3) is 3.27. The molecule has 0 spiro atoms. The monoisotopic (exact) mass is 299 g/mol. The van der Waals surface area contributed by atoms with E-state index in [1.807, 2.05) is 12.3 Å². The fourth-order valence-electron chi connectivity index (χ4n) is 1.49. The molecule has 0 fully saturated rings. The lowest BCUT2D eigenvalue weighted by molar-refractivity contribution is 0.0939. The van der Waals surface area contributed by atoms with Crippen molar-refractivity contribution in [2.75, 3.05) is 0 Å². The topological polar surface area (TPSA) is 54.9 Å². The van der Waals surface area contributed by atoms with Gasteiger partial charge in [0.15, 0.2) is 0 Å². The summed E-state index contributed by atoms with van der Waals surface area (Å²) in [7, 11) is 0. The van der Waals surface area contributed by atoms with Gasteiger partial charge in [-0.2, -0.15) is 0 Å². The molecular formula is C12H11ClFN3OS. The molecule has 1 N–H and O–H groups in total. The van der Waals surface area contributed by atoms with Crippen LogP contribution in [0, 0.1) is 12.7 Å². The van der Waals surface area contributed by atoms with Crippen molar-refractivity contribution in [2.24, 2.45) is 0 Å². The molecule has 0 aliphatic heterocycles. The van der Waals surface area contributed by atoms with Crippen LogP contribution in [0.1, 0.15) is 34.0 Å². The third-order valence-electron chi connectivity index (χ3n) is 2.41. The van der Waals surface area contributed by atoms with Gasteiger partial charge in [-0.15, -0.1) is 11.3 Å². The first-order chi connectivity index (χ1) is 8.97. The Hall–Kier alpha value is -1.53. The molecule has 1 atom stereocenters. The summed E-state index contributed by atoms with van der Waals surface area (Å²) >= 11 is 7.23. The van der Waals surface area contributed by atoms with Crippen LogP contribution in [0.2, 0.25) is 5.15 Å². The number of hydrogen-bond donors (Lipinski definition) is 1. The van der Waals surface area contributed by atoms with Crippen LogP contribution in [0.4, 0.5) is 4.39 Å². The highest BCUT2D eigenvalue weighted by molar-refractivity contribution is 7.09. The predicted molar refractivity (Wildman–Crippen MR) is 71.9 cm³/mol. The number of aromatic nitrogens is 2. The van der Waals surface area contributed by atoms with Gasteiger partial charge in [0, 0.05) is 11.1 Å². The molecule has 0 saturated heterocycles. The number of amides is 1. The summed E-state index contributed by atoms with van der Waals surface area (Å²) in [4.78, 5) is 19.9. The first kappa shape index (κ1) is 13.9. The largest absolute Gasteiger partial charge is 0.343 e. The number of pyridine rings is 1. The highest BCUT2D eigenvalue weighted by atomic mass is 35.5. The summed E-state index contributed by atoms with van der Waals surface area (Å²) in [6.07, 6.45) is 0.965. The van der Waals surface area contributed by atoms with E-state index in [2.05, 4.69) is 15.3 Å². The number of halogens is 2. The Kier molecular flexibility index (Phi) is 4.11. The van der Waals surface area contributed by atoms with Crippen LogP contribution in [0.3, 0.4) is 0 Å². The number of carbonyl (C=O) groups is 1. The SMILES string of the molecule is Cc1csc(C(C)NC(=O)c2cc(F)cnc2Cl)n1. The minimum absolute atomic E-state index is 0.0156. The third-order valence-corrected chi connectivity index (χ3v) is 3.85. The second kappa shape index (κ2) is 5.63. The van der Waals surface area contributed by atoms with E-state index in [1.165, 1.54) is 11.3 Å². The molecule has 0 aliphatic rings. The van der Waals surface area contributed by atoms with Gasteiger partial charge in [0.1, 0.15) is 16.0 Å². The number of aryl methyl sites for hydroxylation is 1. The van der Waals surface area contributed by atoms with Crippen molar-refractivity contribution in [3.05, 3.63) is 44.9 Å². The van der Waals surface area contributed by atoms with E-state index in [0.29, 0.717) is 0 Å². The lowest BCUT2D eigenvalue weighted by atomic mass is 10.2. The summed E-state index contributed by atoms with van der Waals surface area (Å²) in [6, 6.07) is 0.787. The maximum atomic E-state index is 13.1. The summed E-state index contributed by atoms with van der Waals surface area (Å²) in [5.41, 5.74) is 0.911. The molecule has 1 amide bonds.